The number of nitro groups is 1. The van der Waals surface area contributed by atoms with Crippen molar-refractivity contribution in [2.75, 3.05) is 12.4 Å². The second-order valence-corrected chi connectivity index (χ2v) is 7.01. The summed E-state index contributed by atoms with van der Waals surface area (Å²) in [5.41, 5.74) is 1.58. The number of rotatable bonds is 7. The summed E-state index contributed by atoms with van der Waals surface area (Å²) in [6.45, 7) is 4.04. The maximum atomic E-state index is 13.2. The number of carbonyl (C=O) groups is 1. The van der Waals surface area contributed by atoms with E-state index in [-0.39, 0.29) is 17.3 Å². The van der Waals surface area contributed by atoms with Crippen molar-refractivity contribution in [1.82, 2.24) is 4.90 Å². The molecule has 1 atom stereocenters. The van der Waals surface area contributed by atoms with E-state index in [4.69, 9.17) is 4.42 Å². The molecule has 3 rings (SSSR count). The Morgan fingerprint density at radius 1 is 1.14 bits per heavy atom. The Labute approximate surface area is 169 Å². The van der Waals surface area contributed by atoms with Crippen molar-refractivity contribution in [2.45, 2.75) is 26.4 Å². The van der Waals surface area contributed by atoms with Gasteiger partial charge in [-0.2, -0.15) is 0 Å². The van der Waals surface area contributed by atoms with Crippen molar-refractivity contribution in [3.63, 3.8) is 0 Å². The summed E-state index contributed by atoms with van der Waals surface area (Å²) in [7, 11) is 1.82. The van der Waals surface area contributed by atoms with E-state index in [2.05, 4.69) is 5.32 Å². The molecule has 2 aromatic carbocycles. The minimum Gasteiger partial charge on any atom is -0.465 e. The number of anilines is 1. The molecular formula is C22H23N3O4. The minimum atomic E-state index is -0.650. The van der Waals surface area contributed by atoms with Crippen LogP contribution in [0.1, 0.15) is 28.7 Å². The third kappa shape index (κ3) is 4.89. The SMILES string of the molecule is Cc1ccc(NC(=O)[C@H](c2ccccc2)N(C)Cc2ccc(C)o2)c([N+](=O)[O-])c1. The highest BCUT2D eigenvalue weighted by molar-refractivity contribution is 5.97. The number of nitrogens with zero attached hydrogens (tertiary/aromatic N) is 2. The molecule has 0 aliphatic carbocycles. The molecule has 1 N–H and O–H groups in total. The number of likely N-dealkylation sites (N-methyl/N-ethyl adjacent to an activating group) is 1. The van der Waals surface area contributed by atoms with Crippen molar-refractivity contribution < 1.29 is 14.1 Å². The number of nitro benzene ring substituents is 1. The normalized spacial score (nSPS) is 12.0. The van der Waals surface area contributed by atoms with Gasteiger partial charge in [0.2, 0.25) is 5.91 Å². The fourth-order valence-electron chi connectivity index (χ4n) is 3.25. The van der Waals surface area contributed by atoms with E-state index in [0.717, 1.165) is 22.6 Å². The highest BCUT2D eigenvalue weighted by Crippen LogP contribution is 2.29. The number of benzene rings is 2. The van der Waals surface area contributed by atoms with Crippen molar-refractivity contribution in [3.8, 4) is 0 Å². The fourth-order valence-corrected chi connectivity index (χ4v) is 3.25. The highest BCUT2D eigenvalue weighted by Gasteiger charge is 2.28. The molecule has 1 amide bonds. The summed E-state index contributed by atoms with van der Waals surface area (Å²) in [5, 5.41) is 14.1. The van der Waals surface area contributed by atoms with Crippen LogP contribution in [0.25, 0.3) is 0 Å². The van der Waals surface area contributed by atoms with Crippen LogP contribution in [-0.4, -0.2) is 22.8 Å². The molecule has 0 spiro atoms. The molecule has 7 heteroatoms. The molecular weight excluding hydrogens is 370 g/mol. The third-order valence-electron chi connectivity index (χ3n) is 4.61. The lowest BCUT2D eigenvalue weighted by Gasteiger charge is -2.27. The lowest BCUT2D eigenvalue weighted by atomic mass is 10.0. The Balaban J connectivity index is 1.90. The average molecular weight is 393 g/mol. The summed E-state index contributed by atoms with van der Waals surface area (Å²) in [6, 6.07) is 17.1. The highest BCUT2D eigenvalue weighted by atomic mass is 16.6. The number of amides is 1. The standard InChI is InChI=1S/C22H23N3O4/c1-15-9-12-19(20(13-15)25(27)28)23-22(26)21(17-7-5-4-6-8-17)24(3)14-18-11-10-16(2)29-18/h4-13,21H,14H2,1-3H3,(H,23,26)/t21-/m0/s1. The average Bonchev–Trinajstić information content (AvgIpc) is 3.08. The van der Waals surface area contributed by atoms with Crippen LogP contribution in [0.5, 0.6) is 0 Å². The van der Waals surface area contributed by atoms with Gasteiger partial charge in [-0.15, -0.1) is 0 Å². The fraction of sp³-hybridized carbons (Fsp3) is 0.227. The van der Waals surface area contributed by atoms with Crippen molar-refractivity contribution >= 4 is 17.3 Å². The smallest absolute Gasteiger partial charge is 0.293 e. The lowest BCUT2D eigenvalue weighted by molar-refractivity contribution is -0.384. The van der Waals surface area contributed by atoms with Gasteiger partial charge in [0.1, 0.15) is 23.2 Å². The van der Waals surface area contributed by atoms with E-state index < -0.39 is 11.0 Å². The van der Waals surface area contributed by atoms with Gasteiger partial charge >= 0.3 is 0 Å². The zero-order valence-electron chi connectivity index (χ0n) is 16.6. The molecule has 1 aromatic heterocycles. The Kier molecular flexibility index (Phi) is 6.09. The van der Waals surface area contributed by atoms with E-state index >= 15 is 0 Å². The molecule has 0 bridgehead atoms. The molecule has 0 saturated carbocycles. The van der Waals surface area contributed by atoms with Gasteiger partial charge in [-0.05, 0) is 50.2 Å². The molecule has 7 nitrogen and oxygen atoms in total. The predicted molar refractivity (Wildman–Crippen MR) is 111 cm³/mol. The van der Waals surface area contributed by atoms with Crippen molar-refractivity contribution in [3.05, 3.63) is 93.4 Å². The maximum Gasteiger partial charge on any atom is 0.293 e. The number of nitrogens with one attached hydrogen (secondary N) is 1. The number of furan rings is 1. The Morgan fingerprint density at radius 2 is 1.86 bits per heavy atom. The number of hydrogen-bond acceptors (Lipinski definition) is 5. The van der Waals surface area contributed by atoms with E-state index in [1.807, 2.05) is 61.3 Å². The van der Waals surface area contributed by atoms with E-state index in [1.54, 1.807) is 19.1 Å². The first-order valence-electron chi connectivity index (χ1n) is 9.21. The predicted octanol–water partition coefficient (Wildman–Crippen LogP) is 4.62. The van der Waals surface area contributed by atoms with Crippen LogP contribution < -0.4 is 5.32 Å². The topological polar surface area (TPSA) is 88.6 Å². The Morgan fingerprint density at radius 3 is 2.48 bits per heavy atom. The molecule has 0 aliphatic heterocycles. The zero-order valence-corrected chi connectivity index (χ0v) is 16.6. The van der Waals surface area contributed by atoms with Gasteiger partial charge in [0.15, 0.2) is 0 Å². The second-order valence-electron chi connectivity index (χ2n) is 7.01. The largest absolute Gasteiger partial charge is 0.465 e. The monoisotopic (exact) mass is 393 g/mol. The van der Waals surface area contributed by atoms with Crippen LogP contribution in [0.3, 0.4) is 0 Å². The number of hydrogen-bond donors (Lipinski definition) is 1. The summed E-state index contributed by atoms with van der Waals surface area (Å²) < 4.78 is 5.64. The summed E-state index contributed by atoms with van der Waals surface area (Å²) in [4.78, 5) is 26.0. The van der Waals surface area contributed by atoms with Crippen LogP contribution in [-0.2, 0) is 11.3 Å². The maximum absolute atomic E-state index is 13.2. The molecule has 1 heterocycles. The first-order valence-corrected chi connectivity index (χ1v) is 9.21. The van der Waals surface area contributed by atoms with E-state index in [9.17, 15) is 14.9 Å². The second kappa shape index (κ2) is 8.70. The molecule has 29 heavy (non-hydrogen) atoms. The Hall–Kier alpha value is -3.45. The van der Waals surface area contributed by atoms with Crippen LogP contribution in [0.4, 0.5) is 11.4 Å². The van der Waals surface area contributed by atoms with Gasteiger partial charge in [-0.25, -0.2) is 0 Å². The number of aryl methyl sites for hydroxylation is 2. The van der Waals surface area contributed by atoms with Crippen LogP contribution in [0, 0.1) is 24.0 Å². The van der Waals surface area contributed by atoms with Gasteiger partial charge in [-0.3, -0.25) is 19.8 Å². The molecule has 0 aliphatic rings. The molecule has 3 aromatic rings. The lowest BCUT2D eigenvalue weighted by Crippen LogP contribution is -2.34. The van der Waals surface area contributed by atoms with Gasteiger partial charge in [0.05, 0.1) is 11.5 Å². The van der Waals surface area contributed by atoms with Gasteiger partial charge < -0.3 is 9.73 Å². The first-order chi connectivity index (χ1) is 13.8. The van der Waals surface area contributed by atoms with E-state index in [0.29, 0.717) is 6.54 Å². The minimum absolute atomic E-state index is 0.130. The summed E-state index contributed by atoms with van der Waals surface area (Å²) in [5.74, 6) is 1.18. The zero-order chi connectivity index (χ0) is 21.0. The molecule has 0 fully saturated rings. The quantitative estimate of drug-likeness (QED) is 0.467. The van der Waals surface area contributed by atoms with Crippen LogP contribution >= 0.6 is 0 Å². The Bertz CT molecular complexity index is 1010. The van der Waals surface area contributed by atoms with Crippen molar-refractivity contribution in [1.29, 1.82) is 0 Å². The van der Waals surface area contributed by atoms with Gasteiger partial charge in [0, 0.05) is 6.07 Å². The molecule has 0 radical (unpaired) electrons. The summed E-state index contributed by atoms with van der Waals surface area (Å²) >= 11 is 0. The van der Waals surface area contributed by atoms with Crippen molar-refractivity contribution in [2.24, 2.45) is 0 Å². The number of carbonyl (C=O) groups excluding carboxylic acids is 1. The van der Waals surface area contributed by atoms with Gasteiger partial charge in [0.25, 0.3) is 5.69 Å². The van der Waals surface area contributed by atoms with Gasteiger partial charge in [-0.1, -0.05) is 36.4 Å². The summed E-state index contributed by atoms with van der Waals surface area (Å²) in [6.07, 6.45) is 0. The molecule has 0 unspecified atom stereocenters. The van der Waals surface area contributed by atoms with Crippen LogP contribution in [0.15, 0.2) is 65.1 Å². The van der Waals surface area contributed by atoms with Crippen LogP contribution in [0.2, 0.25) is 0 Å². The third-order valence-corrected chi connectivity index (χ3v) is 4.61. The molecule has 150 valence electrons. The first kappa shape index (κ1) is 20.3. The van der Waals surface area contributed by atoms with E-state index in [1.165, 1.54) is 6.07 Å². The molecule has 0 saturated heterocycles.